The fourth-order valence-corrected chi connectivity index (χ4v) is 5.47. The van der Waals surface area contributed by atoms with Gasteiger partial charge in [0, 0.05) is 12.6 Å². The van der Waals surface area contributed by atoms with Gasteiger partial charge in [-0.25, -0.2) is 8.42 Å². The van der Waals surface area contributed by atoms with Crippen molar-refractivity contribution in [2.24, 2.45) is 0 Å². The van der Waals surface area contributed by atoms with E-state index in [0.29, 0.717) is 11.4 Å². The maximum Gasteiger partial charge on any atom is 0.264 e. The van der Waals surface area contributed by atoms with Crippen LogP contribution in [-0.2, 0) is 26.2 Å². The summed E-state index contributed by atoms with van der Waals surface area (Å²) in [5, 5.41) is 2.94. The first-order valence-corrected chi connectivity index (χ1v) is 14.8. The predicted molar refractivity (Wildman–Crippen MR) is 158 cm³/mol. The number of methoxy groups -OCH3 is 1. The topological polar surface area (TPSA) is 96.0 Å². The SMILES string of the molecule is CC[C@H](C)NC(=O)[C@@H](C)N(Cc1ccc(OC)cc1)C(=O)CN(c1ccc(C)cc1)S(=O)(=O)c1ccc(C)cc1. The smallest absolute Gasteiger partial charge is 0.264 e. The van der Waals surface area contributed by atoms with Gasteiger partial charge in [0.15, 0.2) is 0 Å². The third-order valence-electron chi connectivity index (χ3n) is 6.89. The number of nitrogens with zero attached hydrogens (tertiary/aromatic N) is 2. The molecule has 9 heteroatoms. The molecule has 0 heterocycles. The van der Waals surface area contributed by atoms with Crippen LogP contribution in [0.5, 0.6) is 5.75 Å². The summed E-state index contributed by atoms with van der Waals surface area (Å²) in [6, 6.07) is 19.8. The van der Waals surface area contributed by atoms with E-state index in [1.54, 1.807) is 62.6 Å². The number of carbonyl (C=O) groups is 2. The molecule has 1 N–H and O–H groups in total. The lowest BCUT2D eigenvalue weighted by molar-refractivity contribution is -0.139. The summed E-state index contributed by atoms with van der Waals surface area (Å²) in [5.41, 5.74) is 3.02. The van der Waals surface area contributed by atoms with Crippen LogP contribution in [0.1, 0.15) is 43.9 Å². The number of hydrogen-bond donors (Lipinski definition) is 1. The molecule has 0 fully saturated rings. The van der Waals surface area contributed by atoms with Gasteiger partial charge in [-0.05, 0) is 76.1 Å². The lowest BCUT2D eigenvalue weighted by Gasteiger charge is -2.32. The highest BCUT2D eigenvalue weighted by atomic mass is 32.2. The van der Waals surface area contributed by atoms with Crippen LogP contribution in [0.2, 0.25) is 0 Å². The van der Waals surface area contributed by atoms with Gasteiger partial charge >= 0.3 is 0 Å². The maximum absolute atomic E-state index is 14.0. The Labute approximate surface area is 238 Å². The monoisotopic (exact) mass is 565 g/mol. The average Bonchev–Trinajstić information content (AvgIpc) is 2.95. The standard InChI is InChI=1S/C31H39N3O5S/c1-7-24(4)32-31(36)25(5)33(20-26-12-16-28(39-6)17-13-26)30(35)21-34(27-14-8-22(2)9-15-27)40(37,38)29-18-10-23(3)11-19-29/h8-19,24-25H,7,20-21H2,1-6H3,(H,32,36)/t24-,25+/m0/s1. The highest BCUT2D eigenvalue weighted by Gasteiger charge is 2.32. The normalized spacial score (nSPS) is 12.8. The zero-order chi connectivity index (χ0) is 29.4. The van der Waals surface area contributed by atoms with Gasteiger partial charge in [-0.1, -0.05) is 54.4 Å². The van der Waals surface area contributed by atoms with E-state index >= 15 is 0 Å². The minimum absolute atomic E-state index is 0.0705. The molecule has 2 amide bonds. The van der Waals surface area contributed by atoms with E-state index in [4.69, 9.17) is 4.74 Å². The summed E-state index contributed by atoms with van der Waals surface area (Å²) < 4.78 is 34.1. The van der Waals surface area contributed by atoms with Crippen molar-refractivity contribution in [3.8, 4) is 5.75 Å². The van der Waals surface area contributed by atoms with E-state index in [-0.39, 0.29) is 23.4 Å². The molecule has 0 aromatic heterocycles. The number of anilines is 1. The van der Waals surface area contributed by atoms with Crippen molar-refractivity contribution in [3.05, 3.63) is 89.5 Å². The molecule has 0 aliphatic rings. The summed E-state index contributed by atoms with van der Waals surface area (Å²) in [6.07, 6.45) is 0.737. The second-order valence-electron chi connectivity index (χ2n) is 10.0. The van der Waals surface area contributed by atoms with Gasteiger partial charge in [-0.15, -0.1) is 0 Å². The number of ether oxygens (including phenoxy) is 1. The first-order chi connectivity index (χ1) is 19.0. The van der Waals surface area contributed by atoms with Gasteiger partial charge < -0.3 is 15.0 Å². The third-order valence-corrected chi connectivity index (χ3v) is 8.68. The number of sulfonamides is 1. The number of amides is 2. The fourth-order valence-electron chi connectivity index (χ4n) is 4.05. The van der Waals surface area contributed by atoms with Crippen LogP contribution in [0.25, 0.3) is 0 Å². The van der Waals surface area contributed by atoms with E-state index < -0.39 is 28.5 Å². The largest absolute Gasteiger partial charge is 0.497 e. The Morgan fingerprint density at radius 3 is 1.95 bits per heavy atom. The van der Waals surface area contributed by atoms with Crippen molar-refractivity contribution in [2.45, 2.75) is 64.6 Å². The van der Waals surface area contributed by atoms with Crippen molar-refractivity contribution in [1.82, 2.24) is 10.2 Å². The van der Waals surface area contributed by atoms with Crippen molar-refractivity contribution in [2.75, 3.05) is 18.0 Å². The highest BCUT2D eigenvalue weighted by molar-refractivity contribution is 7.92. The number of carbonyl (C=O) groups excluding carboxylic acids is 2. The quantitative estimate of drug-likeness (QED) is 0.339. The molecule has 0 aliphatic carbocycles. The molecule has 0 spiro atoms. The van der Waals surface area contributed by atoms with E-state index in [2.05, 4.69) is 5.32 Å². The second-order valence-corrected chi connectivity index (χ2v) is 11.9. The number of benzene rings is 3. The molecule has 2 atom stereocenters. The Hall–Kier alpha value is -3.85. The lowest BCUT2D eigenvalue weighted by atomic mass is 10.1. The fraction of sp³-hybridized carbons (Fsp3) is 0.355. The van der Waals surface area contributed by atoms with Gasteiger partial charge in [-0.3, -0.25) is 13.9 Å². The number of nitrogens with one attached hydrogen (secondary N) is 1. The third kappa shape index (κ3) is 7.63. The van der Waals surface area contributed by atoms with Gasteiger partial charge in [-0.2, -0.15) is 0 Å². The first-order valence-electron chi connectivity index (χ1n) is 13.3. The maximum atomic E-state index is 14.0. The second kappa shape index (κ2) is 13.5. The molecule has 0 unspecified atom stereocenters. The number of hydrogen-bond acceptors (Lipinski definition) is 5. The zero-order valence-corrected chi connectivity index (χ0v) is 24.9. The molecule has 3 aromatic carbocycles. The Kier molecular flexibility index (Phi) is 10.3. The Bertz CT molecular complexity index is 1390. The van der Waals surface area contributed by atoms with E-state index in [0.717, 1.165) is 27.4 Å². The molecule has 0 aliphatic heterocycles. The van der Waals surface area contributed by atoms with Crippen molar-refractivity contribution in [1.29, 1.82) is 0 Å². The van der Waals surface area contributed by atoms with Crippen molar-refractivity contribution >= 4 is 27.5 Å². The molecule has 8 nitrogen and oxygen atoms in total. The lowest BCUT2D eigenvalue weighted by Crippen LogP contribution is -2.52. The molecule has 3 rings (SSSR count). The van der Waals surface area contributed by atoms with Crippen LogP contribution >= 0.6 is 0 Å². The molecular formula is C31H39N3O5S. The number of aryl methyl sites for hydroxylation is 2. The minimum atomic E-state index is -4.09. The van der Waals surface area contributed by atoms with E-state index in [9.17, 15) is 18.0 Å². The van der Waals surface area contributed by atoms with Gasteiger partial charge in [0.25, 0.3) is 10.0 Å². The molecule has 0 radical (unpaired) electrons. The summed E-state index contributed by atoms with van der Waals surface area (Å²) in [4.78, 5) is 28.6. The summed E-state index contributed by atoms with van der Waals surface area (Å²) in [6.45, 7) is 8.94. The van der Waals surface area contributed by atoms with Crippen LogP contribution in [0.15, 0.2) is 77.7 Å². The van der Waals surface area contributed by atoms with Crippen LogP contribution in [-0.4, -0.2) is 50.9 Å². The molecule has 214 valence electrons. The van der Waals surface area contributed by atoms with Gasteiger partial charge in [0.05, 0.1) is 17.7 Å². The molecule has 40 heavy (non-hydrogen) atoms. The van der Waals surface area contributed by atoms with Crippen molar-refractivity contribution in [3.63, 3.8) is 0 Å². The first kappa shape index (κ1) is 30.7. The summed E-state index contributed by atoms with van der Waals surface area (Å²) in [5.74, 6) is -0.141. The van der Waals surface area contributed by atoms with Gasteiger partial charge in [0.1, 0.15) is 18.3 Å². The number of rotatable bonds is 12. The Morgan fingerprint density at radius 1 is 0.875 bits per heavy atom. The average molecular weight is 566 g/mol. The van der Waals surface area contributed by atoms with Crippen LogP contribution in [0.3, 0.4) is 0 Å². The summed E-state index contributed by atoms with van der Waals surface area (Å²) in [7, 11) is -2.52. The highest BCUT2D eigenvalue weighted by Crippen LogP contribution is 2.25. The van der Waals surface area contributed by atoms with Crippen LogP contribution in [0.4, 0.5) is 5.69 Å². The molecular weight excluding hydrogens is 526 g/mol. The Balaban J connectivity index is 2.01. The Morgan fingerprint density at radius 2 is 1.43 bits per heavy atom. The molecule has 3 aromatic rings. The minimum Gasteiger partial charge on any atom is -0.497 e. The predicted octanol–water partition coefficient (Wildman–Crippen LogP) is 4.84. The van der Waals surface area contributed by atoms with E-state index in [1.807, 2.05) is 39.8 Å². The molecule has 0 saturated heterocycles. The van der Waals surface area contributed by atoms with Crippen LogP contribution in [0, 0.1) is 13.8 Å². The summed E-state index contributed by atoms with van der Waals surface area (Å²) >= 11 is 0. The van der Waals surface area contributed by atoms with E-state index in [1.165, 1.54) is 17.0 Å². The van der Waals surface area contributed by atoms with Gasteiger partial charge in [0.2, 0.25) is 11.8 Å². The zero-order valence-electron chi connectivity index (χ0n) is 24.0. The van der Waals surface area contributed by atoms with Crippen LogP contribution < -0.4 is 14.4 Å². The van der Waals surface area contributed by atoms with Crippen molar-refractivity contribution < 1.29 is 22.7 Å². The molecule has 0 bridgehead atoms. The molecule has 0 saturated carbocycles.